The number of rotatable bonds is 5. The highest BCUT2D eigenvalue weighted by Crippen LogP contribution is 2.51. The van der Waals surface area contributed by atoms with Crippen molar-refractivity contribution in [2.45, 2.75) is 19.1 Å². The molecule has 3 atom stereocenters. The van der Waals surface area contributed by atoms with Crippen molar-refractivity contribution in [1.82, 2.24) is 0 Å². The normalized spacial score (nSPS) is 21.7. The number of carbonyl (C=O) groups excluding carboxylic acids is 2. The van der Waals surface area contributed by atoms with Crippen LogP contribution in [0.2, 0.25) is 5.02 Å². The first-order chi connectivity index (χ1) is 16.5. The van der Waals surface area contributed by atoms with Crippen molar-refractivity contribution >= 4 is 34.8 Å². The van der Waals surface area contributed by atoms with Gasteiger partial charge in [0.05, 0.1) is 25.6 Å². The third-order valence-corrected chi connectivity index (χ3v) is 6.77. The van der Waals surface area contributed by atoms with Crippen molar-refractivity contribution in [2.75, 3.05) is 24.2 Å². The van der Waals surface area contributed by atoms with Gasteiger partial charge in [-0.15, -0.1) is 0 Å². The van der Waals surface area contributed by atoms with E-state index in [4.69, 9.17) is 25.9 Å². The summed E-state index contributed by atoms with van der Waals surface area (Å²) in [6, 6.07) is 19.4. The second kappa shape index (κ2) is 8.66. The molecule has 3 aromatic rings. The van der Waals surface area contributed by atoms with Gasteiger partial charge in [0.1, 0.15) is 12.0 Å². The van der Waals surface area contributed by atoms with Crippen molar-refractivity contribution in [1.29, 1.82) is 0 Å². The van der Waals surface area contributed by atoms with Crippen LogP contribution in [0.1, 0.15) is 17.2 Å². The second-order valence-corrected chi connectivity index (χ2v) is 8.54. The van der Waals surface area contributed by atoms with Gasteiger partial charge in [0.2, 0.25) is 5.91 Å². The topological polar surface area (TPSA) is 68.3 Å². The maximum atomic E-state index is 13.9. The van der Waals surface area contributed by atoms with Gasteiger partial charge in [-0.05, 0) is 42.8 Å². The lowest BCUT2D eigenvalue weighted by Gasteiger charge is -2.30. The largest absolute Gasteiger partial charge is 0.493 e. The third-order valence-electron chi connectivity index (χ3n) is 6.36. The summed E-state index contributed by atoms with van der Waals surface area (Å²) in [6.45, 7) is 1.78. The van der Waals surface area contributed by atoms with Crippen LogP contribution in [-0.2, 0) is 14.4 Å². The van der Waals surface area contributed by atoms with E-state index >= 15 is 0 Å². The molecule has 3 aromatic carbocycles. The zero-order chi connectivity index (χ0) is 24.0. The van der Waals surface area contributed by atoms with E-state index in [9.17, 15) is 9.59 Å². The first kappa shape index (κ1) is 22.3. The molecule has 0 radical (unpaired) electrons. The zero-order valence-electron chi connectivity index (χ0n) is 18.9. The number of ether oxygens (including phenoxy) is 2. The molecular weight excluding hydrogens is 456 g/mol. The number of benzene rings is 3. The molecule has 2 aliphatic rings. The molecule has 2 aliphatic heterocycles. The van der Waals surface area contributed by atoms with Crippen molar-refractivity contribution in [3.05, 3.63) is 82.9 Å². The Balaban J connectivity index is 1.66. The molecule has 2 heterocycles. The number of halogens is 1. The Kier molecular flexibility index (Phi) is 5.67. The van der Waals surface area contributed by atoms with E-state index in [1.807, 2.05) is 42.5 Å². The third kappa shape index (κ3) is 3.31. The lowest BCUT2D eigenvalue weighted by atomic mass is 9.89. The monoisotopic (exact) mass is 478 g/mol. The number of hydrogen-bond donors (Lipinski definition) is 0. The molecule has 5 rings (SSSR count). The van der Waals surface area contributed by atoms with Crippen LogP contribution in [0.4, 0.5) is 11.4 Å². The second-order valence-electron chi connectivity index (χ2n) is 8.14. The molecule has 34 heavy (non-hydrogen) atoms. The van der Waals surface area contributed by atoms with Gasteiger partial charge >= 0.3 is 0 Å². The predicted molar refractivity (Wildman–Crippen MR) is 128 cm³/mol. The van der Waals surface area contributed by atoms with Crippen LogP contribution in [0.3, 0.4) is 0 Å². The standard InChI is InChI=1S/C26H23ClN2O5/c1-15-18(27)12-8-13-19(15)28-25(30)21-22(17-11-7-14-20(32-2)23(17)33-3)29(34-24(21)26(28)31)16-9-5-4-6-10-16/h4-14,21-22,24H,1-3H3/t21-,22-,24+/m1/s1. The van der Waals surface area contributed by atoms with Crippen LogP contribution in [0, 0.1) is 12.8 Å². The quantitative estimate of drug-likeness (QED) is 0.494. The molecule has 2 fully saturated rings. The van der Waals surface area contributed by atoms with Gasteiger partial charge in [0, 0.05) is 10.6 Å². The fraction of sp³-hybridized carbons (Fsp3) is 0.231. The van der Waals surface area contributed by atoms with Gasteiger partial charge < -0.3 is 9.47 Å². The van der Waals surface area contributed by atoms with Gasteiger partial charge in [-0.3, -0.25) is 14.4 Å². The van der Waals surface area contributed by atoms with Crippen molar-refractivity contribution < 1.29 is 23.9 Å². The Bertz CT molecular complexity index is 1270. The molecule has 0 aromatic heterocycles. The lowest BCUT2D eigenvalue weighted by Crippen LogP contribution is -2.37. The highest BCUT2D eigenvalue weighted by molar-refractivity contribution is 6.32. The number of carbonyl (C=O) groups is 2. The summed E-state index contributed by atoms with van der Waals surface area (Å²) >= 11 is 6.29. The van der Waals surface area contributed by atoms with Gasteiger partial charge in [0.25, 0.3) is 5.91 Å². The Morgan fingerprint density at radius 3 is 2.32 bits per heavy atom. The van der Waals surface area contributed by atoms with Gasteiger partial charge in [-0.2, -0.15) is 0 Å². The first-order valence-corrected chi connectivity index (χ1v) is 11.2. The highest BCUT2D eigenvalue weighted by atomic mass is 35.5. The average molecular weight is 479 g/mol. The van der Waals surface area contributed by atoms with Crippen molar-refractivity contribution in [3.8, 4) is 11.5 Å². The molecule has 7 nitrogen and oxygen atoms in total. The molecule has 0 unspecified atom stereocenters. The van der Waals surface area contributed by atoms with Crippen LogP contribution < -0.4 is 19.4 Å². The fourth-order valence-corrected chi connectivity index (χ4v) is 4.92. The molecule has 2 amide bonds. The maximum Gasteiger partial charge on any atom is 0.266 e. The molecule has 174 valence electrons. The fourth-order valence-electron chi connectivity index (χ4n) is 4.75. The summed E-state index contributed by atoms with van der Waals surface area (Å²) in [7, 11) is 3.10. The summed E-state index contributed by atoms with van der Waals surface area (Å²) in [5, 5.41) is 2.11. The Morgan fingerprint density at radius 1 is 0.882 bits per heavy atom. The molecule has 0 spiro atoms. The Hall–Kier alpha value is -3.55. The Labute approximate surface area is 202 Å². The summed E-state index contributed by atoms with van der Waals surface area (Å²) in [5.74, 6) is -0.569. The minimum absolute atomic E-state index is 0.353. The number of fused-ring (bicyclic) bond motifs is 1. The van der Waals surface area contributed by atoms with Gasteiger partial charge in [-0.25, -0.2) is 9.96 Å². The summed E-state index contributed by atoms with van der Waals surface area (Å²) in [4.78, 5) is 34.8. The minimum Gasteiger partial charge on any atom is -0.493 e. The zero-order valence-corrected chi connectivity index (χ0v) is 19.7. The summed E-state index contributed by atoms with van der Waals surface area (Å²) in [6.07, 6.45) is -0.994. The minimum atomic E-state index is -0.994. The lowest BCUT2D eigenvalue weighted by molar-refractivity contribution is -0.126. The molecule has 0 bridgehead atoms. The molecule has 2 saturated heterocycles. The van der Waals surface area contributed by atoms with Crippen LogP contribution in [0.25, 0.3) is 0 Å². The highest BCUT2D eigenvalue weighted by Gasteiger charge is 2.61. The SMILES string of the molecule is COc1cccc([C@@H]2[C@H]3C(=O)N(c4cccc(Cl)c4C)C(=O)[C@H]3ON2c2ccccc2)c1OC. The van der Waals surface area contributed by atoms with Crippen molar-refractivity contribution in [2.24, 2.45) is 5.92 Å². The number of methoxy groups -OCH3 is 2. The molecule has 0 aliphatic carbocycles. The number of nitrogens with zero attached hydrogens (tertiary/aromatic N) is 2. The average Bonchev–Trinajstić information content (AvgIpc) is 3.37. The number of hydroxylamine groups is 1. The van der Waals surface area contributed by atoms with E-state index in [0.29, 0.717) is 33.3 Å². The number of anilines is 2. The molecule has 8 heteroatoms. The molecule has 0 N–H and O–H groups in total. The number of hydrogen-bond acceptors (Lipinski definition) is 6. The number of imide groups is 1. The molecule has 0 saturated carbocycles. The molecular formula is C26H23ClN2O5. The Morgan fingerprint density at radius 2 is 1.62 bits per heavy atom. The van der Waals surface area contributed by atoms with E-state index in [1.165, 1.54) is 4.90 Å². The van der Waals surface area contributed by atoms with Crippen LogP contribution in [0.15, 0.2) is 66.7 Å². The summed E-state index contributed by atoms with van der Waals surface area (Å²) in [5.41, 5.74) is 2.52. The summed E-state index contributed by atoms with van der Waals surface area (Å²) < 4.78 is 11.2. The number of para-hydroxylation sites is 2. The smallest absolute Gasteiger partial charge is 0.266 e. The van der Waals surface area contributed by atoms with E-state index in [1.54, 1.807) is 50.5 Å². The van der Waals surface area contributed by atoms with E-state index in [0.717, 1.165) is 5.69 Å². The number of amides is 2. The van der Waals surface area contributed by atoms with Crippen LogP contribution >= 0.6 is 11.6 Å². The van der Waals surface area contributed by atoms with Crippen LogP contribution in [-0.4, -0.2) is 32.1 Å². The maximum absolute atomic E-state index is 13.9. The van der Waals surface area contributed by atoms with Gasteiger partial charge in [-0.1, -0.05) is 48.0 Å². The predicted octanol–water partition coefficient (Wildman–Crippen LogP) is 4.72. The van der Waals surface area contributed by atoms with E-state index in [2.05, 4.69) is 0 Å². The first-order valence-electron chi connectivity index (χ1n) is 10.8. The van der Waals surface area contributed by atoms with E-state index < -0.39 is 24.0 Å². The van der Waals surface area contributed by atoms with Gasteiger partial charge in [0.15, 0.2) is 17.6 Å². The van der Waals surface area contributed by atoms with E-state index in [-0.39, 0.29) is 5.91 Å². The van der Waals surface area contributed by atoms with Crippen LogP contribution in [0.5, 0.6) is 11.5 Å². The van der Waals surface area contributed by atoms with Crippen molar-refractivity contribution in [3.63, 3.8) is 0 Å².